The van der Waals surface area contributed by atoms with Crippen molar-refractivity contribution in [2.45, 2.75) is 39.8 Å². The molecule has 0 amide bonds. The fourth-order valence-corrected chi connectivity index (χ4v) is 2.24. The summed E-state index contributed by atoms with van der Waals surface area (Å²) in [5.41, 5.74) is 2.12. The zero-order chi connectivity index (χ0) is 12.4. The van der Waals surface area contributed by atoms with E-state index in [9.17, 15) is 0 Å². The summed E-state index contributed by atoms with van der Waals surface area (Å²) in [7, 11) is 0. The van der Waals surface area contributed by atoms with E-state index in [2.05, 4.69) is 22.5 Å². The van der Waals surface area contributed by atoms with Crippen LogP contribution in [0.4, 0.5) is 0 Å². The number of para-hydroxylation sites is 1. The molecule has 0 spiro atoms. The molecule has 4 heteroatoms. The van der Waals surface area contributed by atoms with Gasteiger partial charge in [-0.1, -0.05) is 13.0 Å². The lowest BCUT2D eigenvalue weighted by atomic mass is 10.3. The number of nitrogens with one attached hydrogen (secondary N) is 1. The highest BCUT2D eigenvalue weighted by molar-refractivity contribution is 7.71. The Morgan fingerprint density at radius 1 is 1.41 bits per heavy atom. The third-order valence-electron chi connectivity index (χ3n) is 2.58. The third kappa shape index (κ3) is 2.36. The molecule has 0 unspecified atom stereocenters. The van der Waals surface area contributed by atoms with Crippen molar-refractivity contribution in [2.75, 3.05) is 0 Å². The molecule has 0 radical (unpaired) electrons. The molecule has 2 rings (SSSR count). The number of hydrogen-bond acceptors (Lipinski definition) is 2. The monoisotopic (exact) mass is 250 g/mol. The van der Waals surface area contributed by atoms with Gasteiger partial charge in [0, 0.05) is 6.54 Å². The second-order valence-corrected chi connectivity index (χ2v) is 4.79. The first kappa shape index (κ1) is 12.2. The number of aromatic amines is 1. The van der Waals surface area contributed by atoms with Crippen molar-refractivity contribution in [2.24, 2.45) is 0 Å². The number of imidazole rings is 1. The van der Waals surface area contributed by atoms with Crippen molar-refractivity contribution in [3.63, 3.8) is 0 Å². The number of ether oxygens (including phenoxy) is 1. The maximum atomic E-state index is 5.78. The average Bonchev–Trinajstić information content (AvgIpc) is 2.57. The Kier molecular flexibility index (Phi) is 3.52. The van der Waals surface area contributed by atoms with Crippen LogP contribution in [0.2, 0.25) is 0 Å². The number of aryl methyl sites for hydroxylation is 1. The number of nitrogens with zero attached hydrogens (tertiary/aromatic N) is 1. The normalized spacial score (nSPS) is 11.3. The summed E-state index contributed by atoms with van der Waals surface area (Å²) in [6, 6.07) is 6.06. The molecule has 0 saturated heterocycles. The Balaban J connectivity index is 2.58. The van der Waals surface area contributed by atoms with Crippen LogP contribution in [0, 0.1) is 4.77 Å². The third-order valence-corrected chi connectivity index (χ3v) is 2.90. The van der Waals surface area contributed by atoms with Gasteiger partial charge >= 0.3 is 0 Å². The molecular weight excluding hydrogens is 232 g/mol. The summed E-state index contributed by atoms with van der Waals surface area (Å²) in [6.45, 7) is 7.13. The van der Waals surface area contributed by atoms with Gasteiger partial charge in [-0.3, -0.25) is 0 Å². The number of hydrogen-bond donors (Lipinski definition) is 1. The molecular formula is C13H18N2OS. The molecule has 0 atom stereocenters. The quantitative estimate of drug-likeness (QED) is 0.834. The molecule has 0 aliphatic rings. The first-order chi connectivity index (χ1) is 8.13. The van der Waals surface area contributed by atoms with E-state index < -0.39 is 0 Å². The summed E-state index contributed by atoms with van der Waals surface area (Å²) in [4.78, 5) is 3.24. The van der Waals surface area contributed by atoms with Crippen LogP contribution in [0.5, 0.6) is 5.75 Å². The topological polar surface area (TPSA) is 29.9 Å². The van der Waals surface area contributed by atoms with E-state index in [1.165, 1.54) is 0 Å². The summed E-state index contributed by atoms with van der Waals surface area (Å²) in [5, 5.41) is 0. The number of rotatable bonds is 4. The molecule has 1 heterocycles. The van der Waals surface area contributed by atoms with E-state index in [0.717, 1.165) is 34.5 Å². The summed E-state index contributed by atoms with van der Waals surface area (Å²) >= 11 is 5.34. The predicted molar refractivity (Wildman–Crippen MR) is 73.2 cm³/mol. The second kappa shape index (κ2) is 4.92. The van der Waals surface area contributed by atoms with Crippen LogP contribution < -0.4 is 4.74 Å². The molecule has 0 fully saturated rings. The Morgan fingerprint density at radius 3 is 2.82 bits per heavy atom. The van der Waals surface area contributed by atoms with Crippen molar-refractivity contribution in [1.29, 1.82) is 0 Å². The van der Waals surface area contributed by atoms with Crippen LogP contribution >= 0.6 is 12.2 Å². The van der Waals surface area contributed by atoms with Crippen molar-refractivity contribution >= 4 is 23.3 Å². The maximum Gasteiger partial charge on any atom is 0.178 e. The minimum absolute atomic E-state index is 0.164. The fourth-order valence-electron chi connectivity index (χ4n) is 1.95. The number of fused-ring (bicyclic) bond motifs is 1. The van der Waals surface area contributed by atoms with Crippen molar-refractivity contribution in [1.82, 2.24) is 9.55 Å². The first-order valence-electron chi connectivity index (χ1n) is 6.01. The van der Waals surface area contributed by atoms with Gasteiger partial charge in [-0.05, 0) is 44.6 Å². The van der Waals surface area contributed by atoms with Gasteiger partial charge in [0.05, 0.1) is 11.6 Å². The van der Waals surface area contributed by atoms with Gasteiger partial charge < -0.3 is 14.3 Å². The average molecular weight is 250 g/mol. The summed E-state index contributed by atoms with van der Waals surface area (Å²) in [6.07, 6.45) is 1.23. The molecule has 3 nitrogen and oxygen atoms in total. The standard InChI is InChI=1S/C13H18N2OS/c1-4-8-15-10-6-5-7-11(16-9(2)3)12(10)14-13(15)17/h5-7,9H,4,8H2,1-3H3,(H,14,17). The maximum absolute atomic E-state index is 5.78. The molecule has 0 bridgehead atoms. The van der Waals surface area contributed by atoms with Crippen LogP contribution in [0.15, 0.2) is 18.2 Å². The van der Waals surface area contributed by atoms with Crippen LogP contribution in [0.1, 0.15) is 27.2 Å². The lowest BCUT2D eigenvalue weighted by Gasteiger charge is -2.10. The van der Waals surface area contributed by atoms with Gasteiger partial charge in [-0.25, -0.2) is 0 Å². The highest BCUT2D eigenvalue weighted by Gasteiger charge is 2.09. The molecule has 0 aliphatic carbocycles. The number of H-pyrrole nitrogens is 1. The molecule has 17 heavy (non-hydrogen) atoms. The van der Waals surface area contributed by atoms with Gasteiger partial charge in [-0.15, -0.1) is 0 Å². The van der Waals surface area contributed by atoms with Crippen molar-refractivity contribution < 1.29 is 4.74 Å². The highest BCUT2D eigenvalue weighted by Crippen LogP contribution is 2.25. The molecule has 1 aromatic heterocycles. The minimum atomic E-state index is 0.164. The van der Waals surface area contributed by atoms with Gasteiger partial charge in [0.15, 0.2) is 4.77 Å². The van der Waals surface area contributed by atoms with Crippen LogP contribution in [-0.4, -0.2) is 15.7 Å². The molecule has 2 aromatic rings. The van der Waals surface area contributed by atoms with E-state index in [1.807, 2.05) is 26.0 Å². The zero-order valence-corrected chi connectivity index (χ0v) is 11.3. The minimum Gasteiger partial charge on any atom is -0.489 e. The van der Waals surface area contributed by atoms with Crippen molar-refractivity contribution in [3.05, 3.63) is 23.0 Å². The fraction of sp³-hybridized carbons (Fsp3) is 0.462. The Bertz CT molecular complexity index is 568. The van der Waals surface area contributed by atoms with E-state index in [4.69, 9.17) is 17.0 Å². The van der Waals surface area contributed by atoms with E-state index in [-0.39, 0.29) is 6.10 Å². The van der Waals surface area contributed by atoms with E-state index in [1.54, 1.807) is 0 Å². The number of benzene rings is 1. The molecule has 92 valence electrons. The largest absolute Gasteiger partial charge is 0.489 e. The molecule has 1 aromatic carbocycles. The van der Waals surface area contributed by atoms with E-state index in [0.29, 0.717) is 0 Å². The van der Waals surface area contributed by atoms with Crippen LogP contribution in [0.3, 0.4) is 0 Å². The first-order valence-corrected chi connectivity index (χ1v) is 6.42. The van der Waals surface area contributed by atoms with Crippen LogP contribution in [-0.2, 0) is 6.54 Å². The van der Waals surface area contributed by atoms with Crippen molar-refractivity contribution in [3.8, 4) is 5.75 Å². The van der Waals surface area contributed by atoms with Gasteiger partial charge in [0.1, 0.15) is 11.3 Å². The second-order valence-electron chi connectivity index (χ2n) is 4.40. The van der Waals surface area contributed by atoms with Gasteiger partial charge in [-0.2, -0.15) is 0 Å². The summed E-state index contributed by atoms with van der Waals surface area (Å²) in [5.74, 6) is 0.874. The smallest absolute Gasteiger partial charge is 0.178 e. The lowest BCUT2D eigenvalue weighted by Crippen LogP contribution is -2.05. The molecule has 0 aliphatic heterocycles. The number of aromatic nitrogens is 2. The molecule has 1 N–H and O–H groups in total. The highest BCUT2D eigenvalue weighted by atomic mass is 32.1. The predicted octanol–water partition coefficient (Wildman–Crippen LogP) is 3.90. The Hall–Kier alpha value is -1.29. The van der Waals surface area contributed by atoms with Gasteiger partial charge in [0.2, 0.25) is 0 Å². The lowest BCUT2D eigenvalue weighted by molar-refractivity contribution is 0.245. The SMILES string of the molecule is CCCn1c(=S)[nH]c2c(OC(C)C)cccc21. The summed E-state index contributed by atoms with van der Waals surface area (Å²) < 4.78 is 8.67. The Morgan fingerprint density at radius 2 is 2.18 bits per heavy atom. The van der Waals surface area contributed by atoms with Gasteiger partial charge in [0.25, 0.3) is 0 Å². The Labute approximate surface area is 106 Å². The van der Waals surface area contributed by atoms with Crippen LogP contribution in [0.25, 0.3) is 11.0 Å². The molecule has 0 saturated carbocycles. The van der Waals surface area contributed by atoms with E-state index >= 15 is 0 Å². The zero-order valence-electron chi connectivity index (χ0n) is 10.5.